The van der Waals surface area contributed by atoms with Gasteiger partial charge < -0.3 is 4.98 Å². The Morgan fingerprint density at radius 2 is 1.68 bits per heavy atom. The Bertz CT molecular complexity index is 1060. The molecule has 0 aliphatic carbocycles. The molecule has 0 spiro atoms. The Morgan fingerprint density at radius 3 is 2.32 bits per heavy atom. The summed E-state index contributed by atoms with van der Waals surface area (Å²) in [4.78, 5) is 24.5. The first-order valence-electron chi connectivity index (χ1n) is 9.44. The van der Waals surface area contributed by atoms with Crippen molar-refractivity contribution in [2.24, 2.45) is 9.98 Å². The molecule has 1 N–H and O–H groups in total. The van der Waals surface area contributed by atoms with E-state index in [0.29, 0.717) is 23.3 Å². The van der Waals surface area contributed by atoms with E-state index >= 15 is 0 Å². The normalized spacial score (nSPS) is 13.0. The summed E-state index contributed by atoms with van der Waals surface area (Å²) < 4.78 is 1.67. The number of aromatic nitrogens is 2. The number of hydrogen-bond donors (Lipinski definition) is 1. The van der Waals surface area contributed by atoms with Gasteiger partial charge in [0.1, 0.15) is 0 Å². The molecule has 144 valence electrons. The monoisotopic (exact) mass is 374 g/mol. The molecule has 0 bridgehead atoms. The molecule has 0 fully saturated rings. The lowest BCUT2D eigenvalue weighted by Gasteiger charge is -2.16. The van der Waals surface area contributed by atoms with Crippen molar-refractivity contribution >= 4 is 18.4 Å². The van der Waals surface area contributed by atoms with E-state index in [-0.39, 0.29) is 11.7 Å². The molecule has 0 radical (unpaired) electrons. The third-order valence-corrected chi connectivity index (χ3v) is 4.93. The summed E-state index contributed by atoms with van der Waals surface area (Å²) >= 11 is 0. The van der Waals surface area contributed by atoms with Crippen molar-refractivity contribution in [1.82, 2.24) is 9.55 Å². The highest BCUT2D eigenvalue weighted by Crippen LogP contribution is 2.27. The molecular formula is C23H26N4O. The molecule has 3 aromatic rings. The summed E-state index contributed by atoms with van der Waals surface area (Å²) in [5.41, 5.74) is 3.63. The van der Waals surface area contributed by atoms with Gasteiger partial charge in [-0.1, -0.05) is 68.4 Å². The highest BCUT2D eigenvalue weighted by Gasteiger charge is 2.19. The fraction of sp³-hybridized carbons (Fsp3) is 0.261. The average Bonchev–Trinajstić information content (AvgIpc) is 2.98. The number of aliphatic imine (C=N–C) groups is 2. The molecule has 0 aliphatic heterocycles. The van der Waals surface area contributed by atoms with Crippen LogP contribution in [0, 0.1) is 6.92 Å². The fourth-order valence-corrected chi connectivity index (χ4v) is 3.42. The van der Waals surface area contributed by atoms with Crippen LogP contribution < -0.4 is 5.69 Å². The third-order valence-electron chi connectivity index (χ3n) is 4.93. The topological polar surface area (TPSA) is 62.5 Å². The van der Waals surface area contributed by atoms with Crippen LogP contribution in [0.5, 0.6) is 0 Å². The SMILES string of the molecule is C=N/C(=N\c1c(C)[nH]c(=O)n1[C@H](C)c1ccccc1)c1ccccc1C(C)C. The quantitative estimate of drug-likeness (QED) is 0.496. The Balaban J connectivity index is 2.17. The number of H-pyrrole nitrogens is 1. The summed E-state index contributed by atoms with van der Waals surface area (Å²) in [6, 6.07) is 17.8. The predicted octanol–water partition coefficient (Wildman–Crippen LogP) is 5.00. The zero-order valence-electron chi connectivity index (χ0n) is 16.8. The molecule has 0 amide bonds. The minimum absolute atomic E-state index is 0.163. The number of rotatable bonds is 5. The van der Waals surface area contributed by atoms with Gasteiger partial charge in [-0.2, -0.15) is 0 Å². The lowest BCUT2D eigenvalue weighted by molar-refractivity contribution is 0.620. The Kier molecular flexibility index (Phi) is 5.73. The van der Waals surface area contributed by atoms with E-state index in [1.165, 1.54) is 0 Å². The second-order valence-electron chi connectivity index (χ2n) is 7.17. The number of aryl methyl sites for hydroxylation is 1. The third kappa shape index (κ3) is 3.74. The van der Waals surface area contributed by atoms with Gasteiger partial charge in [0, 0.05) is 5.56 Å². The Labute approximate surface area is 165 Å². The summed E-state index contributed by atoms with van der Waals surface area (Å²) in [5.74, 6) is 1.41. The molecule has 28 heavy (non-hydrogen) atoms. The Morgan fingerprint density at radius 1 is 1.04 bits per heavy atom. The van der Waals surface area contributed by atoms with Gasteiger partial charge in [0.2, 0.25) is 0 Å². The molecule has 0 saturated carbocycles. The first kappa shape index (κ1) is 19.5. The summed E-state index contributed by atoms with van der Waals surface area (Å²) in [6.07, 6.45) is 0. The van der Waals surface area contributed by atoms with E-state index in [1.807, 2.05) is 62.4 Å². The predicted molar refractivity (Wildman–Crippen MR) is 116 cm³/mol. The maximum atomic E-state index is 12.6. The van der Waals surface area contributed by atoms with Crippen LogP contribution in [0.3, 0.4) is 0 Å². The molecule has 5 heteroatoms. The van der Waals surface area contributed by atoms with Crippen molar-refractivity contribution < 1.29 is 0 Å². The van der Waals surface area contributed by atoms with Crippen LogP contribution in [0.1, 0.15) is 55.1 Å². The molecular weight excluding hydrogens is 348 g/mol. The molecule has 1 heterocycles. The number of hydrogen-bond acceptors (Lipinski definition) is 2. The van der Waals surface area contributed by atoms with Gasteiger partial charge >= 0.3 is 5.69 Å². The van der Waals surface area contributed by atoms with Crippen LogP contribution in [0.25, 0.3) is 0 Å². The number of aromatic amines is 1. The number of nitrogens with zero attached hydrogens (tertiary/aromatic N) is 3. The van der Waals surface area contributed by atoms with Crippen LogP contribution in [0.2, 0.25) is 0 Å². The van der Waals surface area contributed by atoms with Crippen molar-refractivity contribution in [1.29, 1.82) is 0 Å². The van der Waals surface area contributed by atoms with E-state index in [1.54, 1.807) is 4.57 Å². The van der Waals surface area contributed by atoms with Crippen molar-refractivity contribution in [3.8, 4) is 0 Å². The summed E-state index contributed by atoms with van der Waals surface area (Å²) in [7, 11) is 0. The zero-order chi connectivity index (χ0) is 20.3. The molecule has 2 aromatic carbocycles. The van der Waals surface area contributed by atoms with Gasteiger partial charge in [-0.15, -0.1) is 0 Å². The van der Waals surface area contributed by atoms with Crippen LogP contribution in [0.4, 0.5) is 5.82 Å². The Hall–Kier alpha value is -3.21. The van der Waals surface area contributed by atoms with Gasteiger partial charge in [0.25, 0.3) is 0 Å². The molecule has 0 aliphatic rings. The first-order valence-corrected chi connectivity index (χ1v) is 9.44. The number of benzene rings is 2. The first-order chi connectivity index (χ1) is 13.4. The lowest BCUT2D eigenvalue weighted by Crippen LogP contribution is -2.21. The molecule has 1 atom stereocenters. The molecule has 0 unspecified atom stereocenters. The van der Waals surface area contributed by atoms with Crippen molar-refractivity contribution in [2.75, 3.05) is 0 Å². The van der Waals surface area contributed by atoms with Crippen LogP contribution in [-0.4, -0.2) is 22.1 Å². The van der Waals surface area contributed by atoms with Crippen LogP contribution in [0.15, 0.2) is 69.4 Å². The smallest absolute Gasteiger partial charge is 0.308 e. The van der Waals surface area contributed by atoms with Crippen molar-refractivity contribution in [3.63, 3.8) is 0 Å². The zero-order valence-corrected chi connectivity index (χ0v) is 16.8. The summed E-state index contributed by atoms with van der Waals surface area (Å²) in [6.45, 7) is 11.8. The highest BCUT2D eigenvalue weighted by atomic mass is 16.1. The molecule has 5 nitrogen and oxygen atoms in total. The van der Waals surface area contributed by atoms with E-state index in [9.17, 15) is 4.79 Å². The standard InChI is InChI=1S/C23H26N4O/c1-15(2)19-13-9-10-14-20(19)21(24-5)26-22-16(3)25-23(28)27(22)17(4)18-11-7-6-8-12-18/h6-15,17H,5H2,1-4H3,(H,25,28)/b26-21-/t17-/m1/s1. The van der Waals surface area contributed by atoms with Gasteiger partial charge in [-0.05, 0) is 37.6 Å². The average molecular weight is 374 g/mol. The van der Waals surface area contributed by atoms with E-state index < -0.39 is 0 Å². The van der Waals surface area contributed by atoms with E-state index in [4.69, 9.17) is 4.99 Å². The number of amidine groups is 1. The fourth-order valence-electron chi connectivity index (χ4n) is 3.42. The van der Waals surface area contributed by atoms with E-state index in [2.05, 4.69) is 36.6 Å². The maximum absolute atomic E-state index is 12.6. The van der Waals surface area contributed by atoms with Gasteiger partial charge in [-0.3, -0.25) is 4.57 Å². The van der Waals surface area contributed by atoms with Gasteiger partial charge in [0.15, 0.2) is 11.7 Å². The van der Waals surface area contributed by atoms with Crippen molar-refractivity contribution in [2.45, 2.75) is 39.7 Å². The van der Waals surface area contributed by atoms with Crippen LogP contribution >= 0.6 is 0 Å². The van der Waals surface area contributed by atoms with E-state index in [0.717, 1.165) is 16.7 Å². The largest absolute Gasteiger partial charge is 0.327 e. The summed E-state index contributed by atoms with van der Waals surface area (Å²) in [5, 5.41) is 0. The van der Waals surface area contributed by atoms with Crippen molar-refractivity contribution in [3.05, 3.63) is 87.5 Å². The highest BCUT2D eigenvalue weighted by molar-refractivity contribution is 6.04. The molecule has 3 rings (SSSR count). The van der Waals surface area contributed by atoms with Gasteiger partial charge in [-0.25, -0.2) is 14.8 Å². The molecule has 0 saturated heterocycles. The minimum atomic E-state index is -0.187. The second-order valence-corrected chi connectivity index (χ2v) is 7.17. The molecule has 1 aromatic heterocycles. The maximum Gasteiger partial charge on any atom is 0.327 e. The number of imidazole rings is 1. The lowest BCUT2D eigenvalue weighted by atomic mass is 9.96. The number of nitrogens with one attached hydrogen (secondary N) is 1. The van der Waals surface area contributed by atoms with Gasteiger partial charge in [0.05, 0.1) is 11.7 Å². The minimum Gasteiger partial charge on any atom is -0.308 e. The van der Waals surface area contributed by atoms with Crippen LogP contribution in [-0.2, 0) is 0 Å². The second kappa shape index (κ2) is 8.21.